The highest BCUT2D eigenvalue weighted by Crippen LogP contribution is 2.27. The Hall–Kier alpha value is -1.70. The van der Waals surface area contributed by atoms with Gasteiger partial charge in [0.25, 0.3) is 10.0 Å². The number of sulfonamides is 1. The molecule has 112 valence electrons. The van der Waals surface area contributed by atoms with Gasteiger partial charge >= 0.3 is 0 Å². The standard InChI is InChI=1S/C13H11ClF2N2O2S/c14-9-6-8(7-17)4-5-12(9)21(19,20)18-13-10(15)2-1-3-11(13)16/h1-6,18H,7,17H2. The molecule has 3 N–H and O–H groups in total. The lowest BCUT2D eigenvalue weighted by Gasteiger charge is -2.11. The van der Waals surface area contributed by atoms with Crippen LogP contribution in [0.15, 0.2) is 41.3 Å². The van der Waals surface area contributed by atoms with Crippen LogP contribution in [0.5, 0.6) is 0 Å². The van der Waals surface area contributed by atoms with Crippen molar-refractivity contribution >= 4 is 27.3 Å². The molecule has 0 bridgehead atoms. The van der Waals surface area contributed by atoms with Crippen molar-refractivity contribution in [1.29, 1.82) is 0 Å². The predicted octanol–water partition coefficient (Wildman–Crippen LogP) is 2.88. The molecule has 8 heteroatoms. The highest BCUT2D eigenvalue weighted by Gasteiger charge is 2.21. The number of rotatable bonds is 4. The third-order valence-corrected chi connectivity index (χ3v) is 4.55. The largest absolute Gasteiger partial charge is 0.326 e. The average molecular weight is 333 g/mol. The number of hydrogen-bond acceptors (Lipinski definition) is 3. The molecule has 2 aromatic rings. The summed E-state index contributed by atoms with van der Waals surface area (Å²) in [5.74, 6) is -2.04. The minimum atomic E-state index is -4.22. The highest BCUT2D eigenvalue weighted by atomic mass is 35.5. The van der Waals surface area contributed by atoms with E-state index in [9.17, 15) is 17.2 Å². The van der Waals surface area contributed by atoms with E-state index in [0.717, 1.165) is 18.2 Å². The summed E-state index contributed by atoms with van der Waals surface area (Å²) in [5, 5.41) is -0.0813. The van der Waals surface area contributed by atoms with Gasteiger partial charge in [-0.3, -0.25) is 4.72 Å². The van der Waals surface area contributed by atoms with Gasteiger partial charge in [0, 0.05) is 6.54 Å². The first-order valence-corrected chi connectivity index (χ1v) is 7.66. The lowest BCUT2D eigenvalue weighted by molar-refractivity contribution is 0.583. The molecule has 0 aliphatic heterocycles. The zero-order valence-corrected chi connectivity index (χ0v) is 12.2. The summed E-state index contributed by atoms with van der Waals surface area (Å²) in [7, 11) is -4.22. The van der Waals surface area contributed by atoms with Gasteiger partial charge in [0.05, 0.1) is 5.02 Å². The summed E-state index contributed by atoms with van der Waals surface area (Å²) in [6.07, 6.45) is 0. The first-order valence-electron chi connectivity index (χ1n) is 5.80. The molecule has 2 aromatic carbocycles. The fraction of sp³-hybridized carbons (Fsp3) is 0.0769. The smallest absolute Gasteiger partial charge is 0.263 e. The van der Waals surface area contributed by atoms with E-state index in [4.69, 9.17) is 17.3 Å². The number of nitrogens with two attached hydrogens (primary N) is 1. The van der Waals surface area contributed by atoms with Crippen molar-refractivity contribution in [3.63, 3.8) is 0 Å². The Bertz CT molecular complexity index is 761. The fourth-order valence-electron chi connectivity index (χ4n) is 1.67. The molecule has 2 rings (SSSR count). The summed E-state index contributed by atoms with van der Waals surface area (Å²) in [6.45, 7) is 0.190. The van der Waals surface area contributed by atoms with E-state index in [-0.39, 0.29) is 16.5 Å². The second kappa shape index (κ2) is 5.97. The minimum absolute atomic E-state index is 0.0813. The molecule has 21 heavy (non-hydrogen) atoms. The van der Waals surface area contributed by atoms with Gasteiger partial charge in [-0.2, -0.15) is 0 Å². The SMILES string of the molecule is NCc1ccc(S(=O)(=O)Nc2c(F)cccc2F)c(Cl)c1. The Morgan fingerprint density at radius 3 is 2.29 bits per heavy atom. The zero-order valence-electron chi connectivity index (χ0n) is 10.6. The Kier molecular flexibility index (Phi) is 4.46. The first kappa shape index (κ1) is 15.7. The van der Waals surface area contributed by atoms with Gasteiger partial charge in [-0.05, 0) is 29.8 Å². The van der Waals surface area contributed by atoms with E-state index in [1.807, 2.05) is 4.72 Å². The van der Waals surface area contributed by atoms with E-state index in [1.165, 1.54) is 18.2 Å². The van der Waals surface area contributed by atoms with Crippen molar-refractivity contribution in [2.75, 3.05) is 4.72 Å². The minimum Gasteiger partial charge on any atom is -0.326 e. The maximum absolute atomic E-state index is 13.5. The molecule has 0 spiro atoms. The van der Waals surface area contributed by atoms with Gasteiger partial charge in [-0.25, -0.2) is 17.2 Å². The molecule has 0 saturated heterocycles. The average Bonchev–Trinajstić information content (AvgIpc) is 2.42. The van der Waals surface area contributed by atoms with Crippen LogP contribution in [0.4, 0.5) is 14.5 Å². The normalized spacial score (nSPS) is 11.4. The van der Waals surface area contributed by atoms with Crippen LogP contribution in [-0.2, 0) is 16.6 Å². The Labute approximate surface area is 125 Å². The maximum atomic E-state index is 13.5. The third kappa shape index (κ3) is 3.31. The molecule has 0 aliphatic carbocycles. The molecular weight excluding hydrogens is 322 g/mol. The topological polar surface area (TPSA) is 72.2 Å². The van der Waals surface area contributed by atoms with Crippen molar-refractivity contribution in [2.45, 2.75) is 11.4 Å². The zero-order chi connectivity index (χ0) is 15.6. The molecule has 4 nitrogen and oxygen atoms in total. The predicted molar refractivity (Wildman–Crippen MR) is 76.5 cm³/mol. The number of halogens is 3. The van der Waals surface area contributed by atoms with Gasteiger partial charge in [0.1, 0.15) is 22.2 Å². The van der Waals surface area contributed by atoms with Gasteiger partial charge < -0.3 is 5.73 Å². The van der Waals surface area contributed by atoms with Crippen molar-refractivity contribution < 1.29 is 17.2 Å². The second-order valence-corrected chi connectivity index (χ2v) is 6.23. The molecule has 0 fully saturated rings. The molecule has 0 aliphatic rings. The number of hydrogen-bond donors (Lipinski definition) is 2. The molecule has 0 radical (unpaired) electrons. The van der Waals surface area contributed by atoms with Crippen LogP contribution < -0.4 is 10.5 Å². The fourth-order valence-corrected chi connectivity index (χ4v) is 3.32. The molecule has 0 amide bonds. The van der Waals surface area contributed by atoms with Crippen LogP contribution in [0.1, 0.15) is 5.56 Å². The van der Waals surface area contributed by atoms with Crippen LogP contribution >= 0.6 is 11.6 Å². The summed E-state index contributed by atoms with van der Waals surface area (Å²) in [5.41, 5.74) is 5.30. The third-order valence-electron chi connectivity index (χ3n) is 2.72. The summed E-state index contributed by atoms with van der Waals surface area (Å²) >= 11 is 5.88. The van der Waals surface area contributed by atoms with E-state index in [2.05, 4.69) is 0 Å². The van der Waals surface area contributed by atoms with E-state index >= 15 is 0 Å². The number of nitrogens with one attached hydrogen (secondary N) is 1. The maximum Gasteiger partial charge on any atom is 0.263 e. The lowest BCUT2D eigenvalue weighted by Crippen LogP contribution is -2.16. The number of benzene rings is 2. The molecule has 0 saturated carbocycles. The Morgan fingerprint density at radius 1 is 1.14 bits per heavy atom. The van der Waals surface area contributed by atoms with Crippen molar-refractivity contribution in [3.8, 4) is 0 Å². The van der Waals surface area contributed by atoms with Gasteiger partial charge in [-0.15, -0.1) is 0 Å². The molecule has 0 unspecified atom stereocenters. The number of anilines is 1. The summed E-state index contributed by atoms with van der Waals surface area (Å²) in [4.78, 5) is -0.288. The van der Waals surface area contributed by atoms with Crippen LogP contribution in [0.25, 0.3) is 0 Å². The van der Waals surface area contributed by atoms with Crippen LogP contribution in [0.2, 0.25) is 5.02 Å². The van der Waals surface area contributed by atoms with Gasteiger partial charge in [-0.1, -0.05) is 23.7 Å². The second-order valence-electron chi connectivity index (χ2n) is 4.17. The number of para-hydroxylation sites is 1. The molecule has 0 aromatic heterocycles. The van der Waals surface area contributed by atoms with Crippen LogP contribution in [0.3, 0.4) is 0 Å². The summed E-state index contributed by atoms with van der Waals surface area (Å²) < 4.78 is 53.2. The quantitative estimate of drug-likeness (QED) is 0.904. The van der Waals surface area contributed by atoms with Gasteiger partial charge in [0.2, 0.25) is 0 Å². The lowest BCUT2D eigenvalue weighted by atomic mass is 10.2. The highest BCUT2D eigenvalue weighted by molar-refractivity contribution is 7.92. The molecular formula is C13H11ClF2N2O2S. The Morgan fingerprint density at radius 2 is 1.76 bits per heavy atom. The van der Waals surface area contributed by atoms with Crippen molar-refractivity contribution in [2.24, 2.45) is 5.73 Å². The van der Waals surface area contributed by atoms with Crippen molar-refractivity contribution in [3.05, 3.63) is 58.6 Å². The molecule has 0 heterocycles. The Balaban J connectivity index is 2.44. The van der Waals surface area contributed by atoms with Gasteiger partial charge in [0.15, 0.2) is 0 Å². The van der Waals surface area contributed by atoms with E-state index in [1.54, 1.807) is 0 Å². The van der Waals surface area contributed by atoms with Crippen molar-refractivity contribution in [1.82, 2.24) is 0 Å². The first-order chi connectivity index (χ1) is 9.85. The summed E-state index contributed by atoms with van der Waals surface area (Å²) in [6, 6.07) is 7.10. The molecule has 0 atom stereocenters. The van der Waals surface area contributed by atoms with Crippen LogP contribution in [-0.4, -0.2) is 8.42 Å². The van der Waals surface area contributed by atoms with E-state index in [0.29, 0.717) is 5.56 Å². The van der Waals surface area contributed by atoms with E-state index < -0.39 is 27.3 Å². The monoisotopic (exact) mass is 332 g/mol. The van der Waals surface area contributed by atoms with Crippen LogP contribution in [0, 0.1) is 11.6 Å².